The number of thiol groups is 1. The summed E-state index contributed by atoms with van der Waals surface area (Å²) in [6, 6.07) is 12.2. The van der Waals surface area contributed by atoms with Crippen LogP contribution in [0.4, 0.5) is 0 Å². The molecule has 2 heterocycles. The lowest BCUT2D eigenvalue weighted by atomic mass is 10.0. The van der Waals surface area contributed by atoms with E-state index in [1.54, 1.807) is 30.5 Å². The van der Waals surface area contributed by atoms with Gasteiger partial charge >= 0.3 is 5.97 Å². The Labute approximate surface area is 247 Å². The zero-order valence-corrected chi connectivity index (χ0v) is 23.5. The molecule has 0 radical (unpaired) electrons. The third-order valence-electron chi connectivity index (χ3n) is 6.78. The number of nitrogens with zero attached hydrogens (tertiary/aromatic N) is 1. The average Bonchev–Trinajstić information content (AvgIpc) is 3.65. The smallest absolute Gasteiger partial charge is 0.326 e. The zero-order chi connectivity index (χ0) is 30.1. The van der Waals surface area contributed by atoms with Crippen molar-refractivity contribution in [1.29, 1.82) is 0 Å². The molecule has 0 aliphatic carbocycles. The number of carbonyl (C=O) groups is 4. The number of carbonyl (C=O) groups excluding carboxylic acids is 3. The van der Waals surface area contributed by atoms with Gasteiger partial charge < -0.3 is 36.8 Å². The Morgan fingerprint density at radius 1 is 0.833 bits per heavy atom. The van der Waals surface area contributed by atoms with Crippen molar-refractivity contribution < 1.29 is 24.3 Å². The summed E-state index contributed by atoms with van der Waals surface area (Å²) in [5.74, 6) is -3.21. The molecule has 0 saturated carbocycles. The number of para-hydroxylation sites is 1. The van der Waals surface area contributed by atoms with E-state index in [-0.39, 0.29) is 25.0 Å². The first-order chi connectivity index (χ1) is 20.2. The van der Waals surface area contributed by atoms with Crippen LogP contribution in [0.25, 0.3) is 10.9 Å². The second-order valence-corrected chi connectivity index (χ2v) is 10.2. The molecule has 4 unspecified atom stereocenters. The molecule has 220 valence electrons. The molecule has 0 bridgehead atoms. The Morgan fingerprint density at radius 3 is 2.19 bits per heavy atom. The Morgan fingerprint density at radius 2 is 1.50 bits per heavy atom. The van der Waals surface area contributed by atoms with Crippen molar-refractivity contribution in [3.63, 3.8) is 0 Å². The van der Waals surface area contributed by atoms with E-state index in [9.17, 15) is 24.3 Å². The van der Waals surface area contributed by atoms with E-state index >= 15 is 0 Å². The van der Waals surface area contributed by atoms with E-state index in [0.717, 1.165) is 22.0 Å². The molecule has 2 aromatic carbocycles. The summed E-state index contributed by atoms with van der Waals surface area (Å²) < 4.78 is 0. The molecule has 13 heteroatoms. The standard InChI is InChI=1S/C29H33N7O5S/c30-21(11-18-13-32-22-9-5-4-8-20(18)22)26(37)36-25(15-42)28(39)34-23(10-17-6-2-1-3-7-17)27(38)35-24(29(40)41)12-19-14-31-16-33-19/h1-9,13-14,16,21,23-25,32,42H,10-12,15,30H2,(H,31,33)(H,34,39)(H,35,38)(H,36,37)(H,40,41). The summed E-state index contributed by atoms with van der Waals surface area (Å²) in [7, 11) is 0. The minimum Gasteiger partial charge on any atom is -0.480 e. The van der Waals surface area contributed by atoms with Crippen LogP contribution in [0.2, 0.25) is 0 Å². The lowest BCUT2D eigenvalue weighted by Gasteiger charge is -2.24. The van der Waals surface area contributed by atoms with Gasteiger partial charge in [-0.05, 0) is 23.6 Å². The fourth-order valence-electron chi connectivity index (χ4n) is 4.52. The number of hydrogen-bond acceptors (Lipinski definition) is 7. The van der Waals surface area contributed by atoms with Crippen LogP contribution in [-0.2, 0) is 38.4 Å². The molecule has 4 aromatic rings. The molecule has 0 aliphatic heterocycles. The van der Waals surface area contributed by atoms with Crippen molar-refractivity contribution in [3.8, 4) is 0 Å². The van der Waals surface area contributed by atoms with E-state index < -0.39 is 47.9 Å². The van der Waals surface area contributed by atoms with E-state index in [0.29, 0.717) is 5.69 Å². The number of aliphatic carboxylic acids is 1. The van der Waals surface area contributed by atoms with Gasteiger partial charge in [-0.15, -0.1) is 0 Å². The summed E-state index contributed by atoms with van der Waals surface area (Å²) in [5.41, 5.74) is 9.23. The maximum atomic E-state index is 13.3. The monoisotopic (exact) mass is 591 g/mol. The van der Waals surface area contributed by atoms with Crippen molar-refractivity contribution in [1.82, 2.24) is 30.9 Å². The first-order valence-corrected chi connectivity index (χ1v) is 13.9. The van der Waals surface area contributed by atoms with Crippen LogP contribution < -0.4 is 21.7 Å². The third-order valence-corrected chi connectivity index (χ3v) is 7.14. The summed E-state index contributed by atoms with van der Waals surface area (Å²) in [4.78, 5) is 61.2. The van der Waals surface area contributed by atoms with E-state index in [1.807, 2.05) is 30.3 Å². The number of imidazole rings is 1. The summed E-state index contributed by atoms with van der Waals surface area (Å²) in [6.07, 6.45) is 4.97. The van der Waals surface area contributed by atoms with Crippen LogP contribution >= 0.6 is 12.6 Å². The van der Waals surface area contributed by atoms with Gasteiger partial charge in [0.05, 0.1) is 12.4 Å². The number of rotatable bonds is 14. The van der Waals surface area contributed by atoms with Crippen LogP contribution in [0.3, 0.4) is 0 Å². The lowest BCUT2D eigenvalue weighted by molar-refractivity contribution is -0.142. The molecule has 3 amide bonds. The summed E-state index contributed by atoms with van der Waals surface area (Å²) in [5, 5.41) is 18.4. The zero-order valence-electron chi connectivity index (χ0n) is 22.6. The third kappa shape index (κ3) is 7.98. The molecule has 2 aromatic heterocycles. The lowest BCUT2D eigenvalue weighted by Crippen LogP contribution is -2.58. The van der Waals surface area contributed by atoms with Gasteiger partial charge in [0.15, 0.2) is 0 Å². The van der Waals surface area contributed by atoms with Crippen LogP contribution in [0.5, 0.6) is 0 Å². The van der Waals surface area contributed by atoms with Crippen molar-refractivity contribution in [2.24, 2.45) is 5.73 Å². The number of aromatic nitrogens is 3. The van der Waals surface area contributed by atoms with Crippen molar-refractivity contribution >= 4 is 47.2 Å². The molecule has 4 atom stereocenters. The molecule has 42 heavy (non-hydrogen) atoms. The van der Waals surface area contributed by atoms with Gasteiger partial charge in [0.25, 0.3) is 0 Å². The van der Waals surface area contributed by atoms with Crippen molar-refractivity contribution in [2.75, 3.05) is 5.75 Å². The Kier molecular flexibility index (Phi) is 10.3. The number of aromatic amines is 2. The number of nitrogens with one attached hydrogen (secondary N) is 5. The number of carboxylic acid groups (broad SMARTS) is 1. The summed E-state index contributed by atoms with van der Waals surface area (Å²) in [6.45, 7) is 0. The number of nitrogens with two attached hydrogens (primary N) is 1. The van der Waals surface area contributed by atoms with E-state index in [1.165, 1.54) is 12.5 Å². The number of benzene rings is 2. The average molecular weight is 592 g/mol. The Balaban J connectivity index is 1.43. The van der Waals surface area contributed by atoms with Crippen molar-refractivity contribution in [2.45, 2.75) is 43.4 Å². The molecule has 12 nitrogen and oxygen atoms in total. The van der Waals surface area contributed by atoms with Crippen molar-refractivity contribution in [3.05, 3.63) is 90.1 Å². The van der Waals surface area contributed by atoms with Gasteiger partial charge in [0.1, 0.15) is 18.1 Å². The molecule has 8 N–H and O–H groups in total. The van der Waals surface area contributed by atoms with E-state index in [2.05, 4.69) is 43.5 Å². The fraction of sp³-hybridized carbons (Fsp3) is 0.276. The van der Waals surface area contributed by atoms with Gasteiger partial charge in [-0.3, -0.25) is 14.4 Å². The highest BCUT2D eigenvalue weighted by molar-refractivity contribution is 7.80. The largest absolute Gasteiger partial charge is 0.480 e. The van der Waals surface area contributed by atoms with Crippen LogP contribution in [0.1, 0.15) is 16.8 Å². The topological polar surface area (TPSA) is 195 Å². The highest BCUT2D eigenvalue weighted by atomic mass is 32.1. The minimum absolute atomic E-state index is 0.0310. The molecular formula is C29H33N7O5S. The number of amides is 3. The second kappa shape index (κ2) is 14.3. The molecule has 0 saturated heterocycles. The van der Waals surface area contributed by atoms with Crippen LogP contribution in [0.15, 0.2) is 73.3 Å². The fourth-order valence-corrected chi connectivity index (χ4v) is 4.78. The first-order valence-electron chi connectivity index (χ1n) is 13.3. The van der Waals surface area contributed by atoms with Gasteiger partial charge in [0, 0.05) is 47.6 Å². The van der Waals surface area contributed by atoms with Gasteiger partial charge in [-0.1, -0.05) is 48.5 Å². The van der Waals surface area contributed by atoms with Gasteiger partial charge in [-0.25, -0.2) is 9.78 Å². The maximum Gasteiger partial charge on any atom is 0.326 e. The van der Waals surface area contributed by atoms with Crippen LogP contribution in [0, 0.1) is 0 Å². The molecule has 4 rings (SSSR count). The number of H-pyrrole nitrogens is 2. The Hall–Kier alpha value is -4.62. The molecule has 0 aliphatic rings. The predicted molar refractivity (Wildman–Crippen MR) is 160 cm³/mol. The van der Waals surface area contributed by atoms with E-state index in [4.69, 9.17) is 5.73 Å². The first kappa shape index (κ1) is 30.3. The molecule has 0 fully saturated rings. The normalized spacial score (nSPS) is 14.0. The minimum atomic E-state index is -1.27. The SMILES string of the molecule is NC(Cc1c[nH]c2ccccc12)C(=O)NC(CS)C(=O)NC(Cc1ccccc1)C(=O)NC(Cc1cnc[nH]1)C(=O)O. The number of hydrogen-bond donors (Lipinski definition) is 8. The van der Waals surface area contributed by atoms with Crippen LogP contribution in [-0.4, -0.2) is 73.7 Å². The maximum absolute atomic E-state index is 13.3. The predicted octanol–water partition coefficient (Wildman–Crippen LogP) is 0.715. The quantitative estimate of drug-likeness (QED) is 0.0989. The number of fused-ring (bicyclic) bond motifs is 1. The van der Waals surface area contributed by atoms with Gasteiger partial charge in [-0.2, -0.15) is 12.6 Å². The second-order valence-electron chi connectivity index (χ2n) is 9.85. The molecular weight excluding hydrogens is 558 g/mol. The van der Waals surface area contributed by atoms with Gasteiger partial charge in [0.2, 0.25) is 17.7 Å². The number of carboxylic acids is 1. The highest BCUT2D eigenvalue weighted by Gasteiger charge is 2.30. The molecule has 0 spiro atoms. The summed E-state index contributed by atoms with van der Waals surface area (Å²) >= 11 is 4.23. The Bertz CT molecular complexity index is 1510. The highest BCUT2D eigenvalue weighted by Crippen LogP contribution is 2.18.